The summed E-state index contributed by atoms with van der Waals surface area (Å²) >= 11 is 13.4. The number of alkyl halides is 2. The number of benzene rings is 1. The molecule has 1 aliphatic carbocycles. The lowest BCUT2D eigenvalue weighted by Crippen LogP contribution is -2.64. The average Bonchev–Trinajstić information content (AvgIpc) is 2.52. The van der Waals surface area contributed by atoms with Crippen molar-refractivity contribution >= 4 is 28.8 Å². The minimum absolute atomic E-state index is 0.827. The van der Waals surface area contributed by atoms with Crippen molar-refractivity contribution in [2.45, 2.75) is 10.00 Å². The first kappa shape index (κ1) is 15.1. The minimum Gasteiger partial charge on any atom is -0.314 e. The number of halogens is 2. The maximum atomic E-state index is 6.81. The van der Waals surface area contributed by atoms with Crippen molar-refractivity contribution in [1.82, 2.24) is 10.2 Å². The summed E-state index contributed by atoms with van der Waals surface area (Å²) in [4.78, 5) is 0.0909. The van der Waals surface area contributed by atoms with Crippen LogP contribution in [0.5, 0.6) is 0 Å². The molecule has 3 rings (SSSR count). The van der Waals surface area contributed by atoms with E-state index in [2.05, 4.69) is 10.2 Å². The van der Waals surface area contributed by atoms with Gasteiger partial charge in [-0.25, -0.2) is 0 Å². The van der Waals surface area contributed by atoms with E-state index in [1.165, 1.54) is 0 Å². The Morgan fingerprint density at radius 3 is 2.38 bits per heavy atom. The molecule has 1 saturated heterocycles. The molecule has 1 aromatic rings. The van der Waals surface area contributed by atoms with E-state index in [1.54, 1.807) is 0 Å². The Labute approximate surface area is 135 Å². The van der Waals surface area contributed by atoms with Crippen molar-refractivity contribution in [3.8, 4) is 0 Å². The van der Waals surface area contributed by atoms with E-state index in [-0.39, 0.29) is 0 Å². The maximum absolute atomic E-state index is 6.81. The van der Waals surface area contributed by atoms with E-state index in [0.29, 0.717) is 0 Å². The number of piperazine rings is 1. The first-order chi connectivity index (χ1) is 10.0. The van der Waals surface area contributed by atoms with Gasteiger partial charge >= 0.3 is 0 Å². The molecule has 0 amide bonds. The molecule has 0 aromatic heterocycles. The van der Waals surface area contributed by atoms with Crippen LogP contribution >= 0.6 is 23.2 Å². The third kappa shape index (κ3) is 2.77. The van der Waals surface area contributed by atoms with Gasteiger partial charge < -0.3 is 11.1 Å². The largest absolute Gasteiger partial charge is 0.314 e. The van der Waals surface area contributed by atoms with Crippen LogP contribution in [0.25, 0.3) is 5.57 Å². The highest BCUT2D eigenvalue weighted by molar-refractivity contribution is 6.37. The molecule has 5 heteroatoms. The Balaban J connectivity index is 1.91. The summed E-state index contributed by atoms with van der Waals surface area (Å²) in [5, 5.41) is 3.31. The van der Waals surface area contributed by atoms with Gasteiger partial charge in [0.05, 0.1) is 0 Å². The van der Waals surface area contributed by atoms with Crippen molar-refractivity contribution in [2.24, 2.45) is 5.73 Å². The predicted molar refractivity (Wildman–Crippen MR) is 89.4 cm³/mol. The zero-order chi connectivity index (χ0) is 14.9. The van der Waals surface area contributed by atoms with Crippen molar-refractivity contribution in [2.75, 3.05) is 26.2 Å². The normalized spacial score (nSPS) is 33.8. The smallest absolute Gasteiger partial charge is 0.151 e. The van der Waals surface area contributed by atoms with Gasteiger partial charge in [-0.1, -0.05) is 59.6 Å². The number of hydrogen-bond donors (Lipinski definition) is 2. The van der Waals surface area contributed by atoms with E-state index >= 15 is 0 Å². The van der Waals surface area contributed by atoms with Crippen molar-refractivity contribution in [3.63, 3.8) is 0 Å². The second-order valence-electron chi connectivity index (χ2n) is 5.48. The Hall–Kier alpha value is -0.840. The Kier molecular flexibility index (Phi) is 4.12. The fraction of sp³-hybridized carbons (Fsp3) is 0.375. The van der Waals surface area contributed by atoms with Crippen LogP contribution in [0, 0.1) is 0 Å². The van der Waals surface area contributed by atoms with Crippen LogP contribution < -0.4 is 11.1 Å². The summed E-state index contributed by atoms with van der Waals surface area (Å²) in [5.41, 5.74) is 8.44. The molecule has 0 radical (unpaired) electrons. The summed E-state index contributed by atoms with van der Waals surface area (Å²) in [5.74, 6) is 0. The van der Waals surface area contributed by atoms with Crippen LogP contribution in [0.15, 0.2) is 48.6 Å². The van der Waals surface area contributed by atoms with Crippen LogP contribution in [0.4, 0.5) is 0 Å². The molecule has 1 aromatic carbocycles. The molecule has 3 nitrogen and oxygen atoms in total. The number of nitrogens with two attached hydrogens (primary N) is 1. The number of hydrogen-bond acceptors (Lipinski definition) is 3. The second-order valence-corrected chi connectivity index (χ2v) is 6.68. The molecule has 1 aliphatic heterocycles. The van der Waals surface area contributed by atoms with Crippen molar-refractivity contribution in [3.05, 3.63) is 54.1 Å². The van der Waals surface area contributed by atoms with Crippen molar-refractivity contribution < 1.29 is 0 Å². The number of nitrogens with zero attached hydrogens (tertiary/aromatic N) is 1. The van der Waals surface area contributed by atoms with Crippen LogP contribution in [-0.4, -0.2) is 41.1 Å². The predicted octanol–water partition coefficient (Wildman–Crippen LogP) is 2.37. The van der Waals surface area contributed by atoms with Gasteiger partial charge in [-0.3, -0.25) is 4.90 Å². The first-order valence-electron chi connectivity index (χ1n) is 7.13. The number of rotatable bonds is 2. The second kappa shape index (κ2) is 5.75. The fourth-order valence-corrected chi connectivity index (χ4v) is 3.44. The van der Waals surface area contributed by atoms with Gasteiger partial charge in [0.2, 0.25) is 0 Å². The lowest BCUT2D eigenvalue weighted by Gasteiger charge is -2.47. The SMILES string of the molecule is NC1(Cl)C=C(c2ccccc2)C=CC1(Cl)N1CCNCC1. The molecular weight excluding hydrogens is 305 g/mol. The standard InChI is InChI=1S/C16H19Cl2N3/c17-15(19)12-14(13-4-2-1-3-5-13)6-7-16(15,18)21-10-8-20-9-11-21/h1-7,12,20H,8-11,19H2. The molecule has 2 atom stereocenters. The quantitative estimate of drug-likeness (QED) is 0.648. The van der Waals surface area contributed by atoms with Crippen LogP contribution in [0.3, 0.4) is 0 Å². The van der Waals surface area contributed by atoms with Crippen molar-refractivity contribution in [1.29, 1.82) is 0 Å². The Bertz CT molecular complexity index is 562. The molecule has 1 fully saturated rings. The minimum atomic E-state index is -1.15. The topological polar surface area (TPSA) is 41.3 Å². The van der Waals surface area contributed by atoms with Gasteiger partial charge in [0.25, 0.3) is 0 Å². The van der Waals surface area contributed by atoms with E-state index in [0.717, 1.165) is 37.3 Å². The first-order valence-corrected chi connectivity index (χ1v) is 7.88. The Morgan fingerprint density at radius 2 is 1.76 bits per heavy atom. The summed E-state index contributed by atoms with van der Waals surface area (Å²) in [6, 6.07) is 10.1. The van der Waals surface area contributed by atoms with E-state index in [1.807, 2.05) is 48.6 Å². The molecule has 3 N–H and O–H groups in total. The molecule has 21 heavy (non-hydrogen) atoms. The summed E-state index contributed by atoms with van der Waals surface area (Å²) in [6.07, 6.45) is 5.80. The zero-order valence-electron chi connectivity index (χ0n) is 11.7. The van der Waals surface area contributed by atoms with Crippen LogP contribution in [-0.2, 0) is 0 Å². The van der Waals surface area contributed by atoms with Gasteiger partial charge in [0.1, 0.15) is 5.00 Å². The highest BCUT2D eigenvalue weighted by atomic mass is 35.5. The fourth-order valence-electron chi connectivity index (χ4n) is 2.85. The van der Waals surface area contributed by atoms with Gasteiger partial charge in [-0.05, 0) is 23.3 Å². The third-order valence-electron chi connectivity index (χ3n) is 4.07. The van der Waals surface area contributed by atoms with E-state index < -0.39 is 10.00 Å². The highest BCUT2D eigenvalue weighted by Crippen LogP contribution is 2.42. The molecule has 2 aliphatic rings. The molecule has 0 saturated carbocycles. The van der Waals surface area contributed by atoms with Gasteiger partial charge in [0, 0.05) is 26.2 Å². The number of nitrogens with one attached hydrogen (secondary N) is 1. The molecule has 0 spiro atoms. The van der Waals surface area contributed by atoms with Gasteiger partial charge in [-0.15, -0.1) is 0 Å². The summed E-state index contributed by atoms with van der Waals surface area (Å²) < 4.78 is 0. The molecule has 0 bridgehead atoms. The van der Waals surface area contributed by atoms with E-state index in [9.17, 15) is 0 Å². The molecular formula is C16H19Cl2N3. The van der Waals surface area contributed by atoms with E-state index in [4.69, 9.17) is 28.9 Å². The average molecular weight is 324 g/mol. The van der Waals surface area contributed by atoms with Crippen LogP contribution in [0.1, 0.15) is 5.56 Å². The van der Waals surface area contributed by atoms with Gasteiger partial charge in [-0.2, -0.15) is 0 Å². The lowest BCUT2D eigenvalue weighted by molar-refractivity contribution is 0.152. The Morgan fingerprint density at radius 1 is 1.10 bits per heavy atom. The number of allylic oxidation sites excluding steroid dienone is 2. The van der Waals surface area contributed by atoms with Crippen LogP contribution in [0.2, 0.25) is 0 Å². The molecule has 112 valence electrons. The molecule has 2 unspecified atom stereocenters. The maximum Gasteiger partial charge on any atom is 0.151 e. The van der Waals surface area contributed by atoms with Gasteiger partial charge in [0.15, 0.2) is 5.00 Å². The summed E-state index contributed by atoms with van der Waals surface area (Å²) in [7, 11) is 0. The highest BCUT2D eigenvalue weighted by Gasteiger charge is 2.49. The monoisotopic (exact) mass is 323 g/mol. The summed E-state index contributed by atoms with van der Waals surface area (Å²) in [6.45, 7) is 3.44. The molecule has 1 heterocycles. The lowest BCUT2D eigenvalue weighted by atomic mass is 9.91. The zero-order valence-corrected chi connectivity index (χ0v) is 13.2. The third-order valence-corrected chi connectivity index (χ3v) is 5.24.